The quantitative estimate of drug-likeness (QED) is 0.287. The highest BCUT2D eigenvalue weighted by atomic mass is 19.2. The van der Waals surface area contributed by atoms with Crippen LogP contribution in [0.1, 0.15) is 23.2 Å². The number of halogens is 2. The van der Waals surface area contributed by atoms with E-state index in [9.17, 15) is 19.1 Å². The van der Waals surface area contributed by atoms with Crippen LogP contribution in [-0.4, -0.2) is 75.8 Å². The molecule has 0 radical (unpaired) electrons. The van der Waals surface area contributed by atoms with Crippen LogP contribution in [0.25, 0.3) is 44.1 Å². The van der Waals surface area contributed by atoms with Crippen molar-refractivity contribution < 1.29 is 18.7 Å². The van der Waals surface area contributed by atoms with Gasteiger partial charge in [-0.05, 0) is 33.0 Å². The molecule has 4 aromatic heterocycles. The number of hydrogen-bond acceptors (Lipinski definition) is 7. The molecule has 3 N–H and O–H groups in total. The number of aromatic carboxylic acids is 1. The minimum atomic E-state index is -1.33. The highest BCUT2D eigenvalue weighted by Gasteiger charge is 2.58. The van der Waals surface area contributed by atoms with Crippen molar-refractivity contribution in [2.75, 3.05) is 44.4 Å². The first-order chi connectivity index (χ1) is 20.0. The molecule has 2 unspecified atom stereocenters. The third-order valence-electron chi connectivity index (χ3n) is 9.06. The van der Waals surface area contributed by atoms with Crippen molar-refractivity contribution in [2.24, 2.45) is 12.5 Å². The summed E-state index contributed by atoms with van der Waals surface area (Å²) in [6.45, 7) is 1.42. The summed E-state index contributed by atoms with van der Waals surface area (Å²) in [5.74, 6) is -3.28. The van der Waals surface area contributed by atoms with Gasteiger partial charge in [0.1, 0.15) is 16.9 Å². The number of pyridine rings is 3. The predicted molar refractivity (Wildman–Crippen MR) is 157 cm³/mol. The number of H-pyrrole nitrogens is 1. The molecule has 5 heterocycles. The number of carboxylic acids is 1. The van der Waals surface area contributed by atoms with Gasteiger partial charge in [0.05, 0.1) is 33.1 Å². The SMILES string of the molecule is CNc1cc(F)c(F)c2c1[nH]c1ncc(-c3cnc4c(c3)c(=O)c(C(=O)O)cn4C)c(N3CCC4(CC4N(C)C)C3)c12. The maximum atomic E-state index is 15.6. The third-order valence-corrected chi connectivity index (χ3v) is 9.06. The van der Waals surface area contributed by atoms with Crippen molar-refractivity contribution >= 4 is 50.3 Å². The summed E-state index contributed by atoms with van der Waals surface area (Å²) in [4.78, 5) is 41.7. The van der Waals surface area contributed by atoms with Crippen molar-refractivity contribution in [3.8, 4) is 11.1 Å². The fourth-order valence-corrected chi connectivity index (χ4v) is 6.92. The highest BCUT2D eigenvalue weighted by molar-refractivity contribution is 6.18. The summed E-state index contributed by atoms with van der Waals surface area (Å²) < 4.78 is 32.1. The Morgan fingerprint density at radius 3 is 2.69 bits per heavy atom. The highest BCUT2D eigenvalue weighted by Crippen LogP contribution is 2.57. The van der Waals surface area contributed by atoms with E-state index in [0.29, 0.717) is 57.3 Å². The molecule has 1 spiro atoms. The van der Waals surface area contributed by atoms with E-state index < -0.39 is 23.0 Å². The Kier molecular flexibility index (Phi) is 5.62. The van der Waals surface area contributed by atoms with Crippen molar-refractivity contribution in [1.29, 1.82) is 0 Å². The molecule has 2 fully saturated rings. The van der Waals surface area contributed by atoms with Gasteiger partial charge in [0, 0.05) is 74.4 Å². The summed E-state index contributed by atoms with van der Waals surface area (Å²) in [5, 5.41) is 13.2. The molecule has 1 aromatic carbocycles. The lowest BCUT2D eigenvalue weighted by Gasteiger charge is -2.24. The van der Waals surface area contributed by atoms with Crippen molar-refractivity contribution in [3.05, 3.63) is 58.1 Å². The Bertz CT molecular complexity index is 2040. The number of nitrogens with zero attached hydrogens (tertiary/aromatic N) is 5. The van der Waals surface area contributed by atoms with E-state index in [-0.39, 0.29) is 21.8 Å². The van der Waals surface area contributed by atoms with Crippen LogP contribution in [0.5, 0.6) is 0 Å². The molecule has 10 nitrogen and oxygen atoms in total. The van der Waals surface area contributed by atoms with Gasteiger partial charge in [-0.3, -0.25) is 4.79 Å². The molecule has 1 saturated carbocycles. The van der Waals surface area contributed by atoms with Gasteiger partial charge in [-0.15, -0.1) is 0 Å². The Balaban J connectivity index is 1.53. The zero-order valence-electron chi connectivity index (χ0n) is 23.5. The van der Waals surface area contributed by atoms with Crippen LogP contribution in [0.15, 0.2) is 35.5 Å². The monoisotopic (exact) mass is 573 g/mol. The van der Waals surface area contributed by atoms with E-state index in [1.807, 2.05) is 0 Å². The Hall–Kier alpha value is -4.58. The number of rotatable bonds is 5. The number of aromatic nitrogens is 4. The fourth-order valence-electron chi connectivity index (χ4n) is 6.92. The molecule has 2 atom stereocenters. The zero-order valence-corrected chi connectivity index (χ0v) is 23.5. The van der Waals surface area contributed by atoms with E-state index >= 15 is 4.39 Å². The molecule has 0 bridgehead atoms. The van der Waals surface area contributed by atoms with Gasteiger partial charge in [0.15, 0.2) is 11.6 Å². The molecular weight excluding hydrogens is 544 g/mol. The second kappa shape index (κ2) is 8.96. The number of benzene rings is 1. The summed E-state index contributed by atoms with van der Waals surface area (Å²) in [6, 6.07) is 3.16. The van der Waals surface area contributed by atoms with Crippen molar-refractivity contribution in [3.63, 3.8) is 0 Å². The maximum absolute atomic E-state index is 15.6. The summed E-state index contributed by atoms with van der Waals surface area (Å²) in [7, 11) is 7.41. The normalized spacial score (nSPS) is 20.1. The number of aromatic amines is 1. The van der Waals surface area contributed by atoms with Crippen LogP contribution < -0.4 is 15.6 Å². The van der Waals surface area contributed by atoms with Crippen molar-refractivity contribution in [1.82, 2.24) is 24.4 Å². The number of carboxylic acid groups (broad SMARTS) is 1. The summed E-state index contributed by atoms with van der Waals surface area (Å²) in [5.41, 5.74) is 2.41. The summed E-state index contributed by atoms with van der Waals surface area (Å²) in [6.07, 6.45) is 6.49. The lowest BCUT2D eigenvalue weighted by atomic mass is 10.0. The molecule has 1 aliphatic carbocycles. The Morgan fingerprint density at radius 2 is 2.00 bits per heavy atom. The zero-order chi connectivity index (χ0) is 29.7. The second-order valence-electron chi connectivity index (χ2n) is 11.7. The first kappa shape index (κ1) is 26.3. The third kappa shape index (κ3) is 3.64. The number of hydrogen-bond donors (Lipinski definition) is 3. The topological polar surface area (TPSA) is 119 Å². The molecule has 7 rings (SSSR count). The molecular formula is C30H29F2N7O3. The van der Waals surface area contributed by atoms with Gasteiger partial charge in [0.2, 0.25) is 5.43 Å². The van der Waals surface area contributed by atoms with Crippen LogP contribution in [0.2, 0.25) is 0 Å². The molecule has 42 heavy (non-hydrogen) atoms. The van der Waals surface area contributed by atoms with Gasteiger partial charge in [0.25, 0.3) is 0 Å². The van der Waals surface area contributed by atoms with E-state index in [1.54, 1.807) is 32.6 Å². The first-order valence-corrected chi connectivity index (χ1v) is 13.7. The van der Waals surface area contributed by atoms with Gasteiger partial charge in [-0.25, -0.2) is 23.5 Å². The second-order valence-corrected chi connectivity index (χ2v) is 11.7. The minimum absolute atomic E-state index is 0.0936. The predicted octanol–water partition coefficient (Wildman–Crippen LogP) is 4.18. The van der Waals surface area contributed by atoms with Crippen LogP contribution in [-0.2, 0) is 7.05 Å². The van der Waals surface area contributed by atoms with Gasteiger partial charge in [-0.1, -0.05) is 0 Å². The van der Waals surface area contributed by atoms with Gasteiger partial charge >= 0.3 is 5.97 Å². The molecule has 12 heteroatoms. The largest absolute Gasteiger partial charge is 0.477 e. The molecule has 0 amide bonds. The number of nitrogens with one attached hydrogen (secondary N) is 2. The minimum Gasteiger partial charge on any atom is -0.477 e. The van der Waals surface area contributed by atoms with E-state index in [1.165, 1.54) is 10.8 Å². The van der Waals surface area contributed by atoms with E-state index in [0.717, 1.165) is 25.5 Å². The smallest absolute Gasteiger partial charge is 0.341 e. The average molecular weight is 574 g/mol. The van der Waals surface area contributed by atoms with Crippen molar-refractivity contribution in [2.45, 2.75) is 18.9 Å². The molecule has 216 valence electrons. The number of aryl methyl sites for hydroxylation is 1. The average Bonchev–Trinajstić information content (AvgIpc) is 3.30. The standard InChI is InChI=1S/C30H29F2N7O3/c1-33-19-8-18(31)23(32)21-22-25(39-6-5-30(13-39)9-20(30)37(2)3)16(11-34-27(22)36-24(19)21)14-7-15-26(40)17(29(41)42)12-38(4)28(15)35-10-14/h7-8,10-12,20,33H,5-6,9,13H2,1-4H3,(H,34,36)(H,41,42). The number of anilines is 2. The number of fused-ring (bicyclic) bond motifs is 4. The summed E-state index contributed by atoms with van der Waals surface area (Å²) >= 11 is 0. The van der Waals surface area contributed by atoms with Crippen LogP contribution in [0, 0.1) is 17.0 Å². The van der Waals surface area contributed by atoms with E-state index in [4.69, 9.17) is 0 Å². The Labute approximate surface area is 238 Å². The van der Waals surface area contributed by atoms with Gasteiger partial charge < -0.3 is 29.8 Å². The lowest BCUT2D eigenvalue weighted by molar-refractivity contribution is 0.0695. The lowest BCUT2D eigenvalue weighted by Crippen LogP contribution is -2.26. The first-order valence-electron chi connectivity index (χ1n) is 13.7. The van der Waals surface area contributed by atoms with Crippen LogP contribution in [0.4, 0.5) is 20.2 Å². The Morgan fingerprint density at radius 1 is 1.21 bits per heavy atom. The van der Waals surface area contributed by atoms with Crippen LogP contribution in [0.3, 0.4) is 0 Å². The maximum Gasteiger partial charge on any atom is 0.341 e. The number of carbonyl (C=O) groups is 1. The molecule has 1 saturated heterocycles. The fraction of sp³-hybridized carbons (Fsp3) is 0.333. The molecule has 1 aliphatic heterocycles. The van der Waals surface area contributed by atoms with E-state index in [2.05, 4.69) is 44.2 Å². The van der Waals surface area contributed by atoms with Crippen LogP contribution >= 0.6 is 0 Å². The molecule has 5 aromatic rings. The molecule has 2 aliphatic rings. The van der Waals surface area contributed by atoms with Gasteiger partial charge in [-0.2, -0.15) is 0 Å².